The van der Waals surface area contributed by atoms with E-state index in [0.717, 1.165) is 42.9 Å². The second-order valence-corrected chi connectivity index (χ2v) is 6.42. The van der Waals surface area contributed by atoms with Crippen LogP contribution in [0.3, 0.4) is 0 Å². The molecule has 1 unspecified atom stereocenters. The van der Waals surface area contributed by atoms with Crippen LogP contribution in [-0.2, 0) is 4.74 Å². The lowest BCUT2D eigenvalue weighted by Crippen LogP contribution is -2.39. The smallest absolute Gasteiger partial charge is 0.124 e. The lowest BCUT2D eigenvalue weighted by Gasteiger charge is -2.29. The zero-order valence-corrected chi connectivity index (χ0v) is 13.1. The van der Waals surface area contributed by atoms with Crippen molar-refractivity contribution in [2.24, 2.45) is 5.92 Å². The van der Waals surface area contributed by atoms with Gasteiger partial charge in [0, 0.05) is 19.3 Å². The summed E-state index contributed by atoms with van der Waals surface area (Å²) in [7, 11) is 0. The molecule has 1 aliphatic rings. The SMILES string of the molecule is Cc1ccc2nc(C(NC3CCOCC3)C(C)C)[nH]c2c1. The molecule has 2 N–H and O–H groups in total. The summed E-state index contributed by atoms with van der Waals surface area (Å²) in [4.78, 5) is 8.29. The van der Waals surface area contributed by atoms with Crippen LogP contribution < -0.4 is 5.32 Å². The molecule has 3 rings (SSSR count). The van der Waals surface area contributed by atoms with E-state index in [-0.39, 0.29) is 6.04 Å². The van der Waals surface area contributed by atoms with Crippen molar-refractivity contribution in [3.8, 4) is 0 Å². The monoisotopic (exact) mass is 287 g/mol. The minimum absolute atomic E-state index is 0.265. The van der Waals surface area contributed by atoms with Crippen LogP contribution in [0.25, 0.3) is 11.0 Å². The molecule has 2 aromatic rings. The van der Waals surface area contributed by atoms with Gasteiger partial charge >= 0.3 is 0 Å². The van der Waals surface area contributed by atoms with Gasteiger partial charge in [0.25, 0.3) is 0 Å². The van der Waals surface area contributed by atoms with Gasteiger partial charge < -0.3 is 15.0 Å². The summed E-state index contributed by atoms with van der Waals surface area (Å²) < 4.78 is 5.45. The number of fused-ring (bicyclic) bond motifs is 1. The second-order valence-electron chi connectivity index (χ2n) is 6.42. The van der Waals surface area contributed by atoms with Crippen LogP contribution in [0, 0.1) is 12.8 Å². The number of aromatic amines is 1. The van der Waals surface area contributed by atoms with Gasteiger partial charge in [-0.3, -0.25) is 0 Å². The van der Waals surface area contributed by atoms with E-state index in [9.17, 15) is 0 Å². The van der Waals surface area contributed by atoms with Gasteiger partial charge in [-0.05, 0) is 43.4 Å². The Labute approximate surface area is 126 Å². The molecule has 0 spiro atoms. The Morgan fingerprint density at radius 3 is 2.76 bits per heavy atom. The Morgan fingerprint density at radius 2 is 2.05 bits per heavy atom. The van der Waals surface area contributed by atoms with Crippen molar-refractivity contribution in [2.45, 2.75) is 45.7 Å². The van der Waals surface area contributed by atoms with Crippen LogP contribution in [-0.4, -0.2) is 29.2 Å². The summed E-state index contributed by atoms with van der Waals surface area (Å²) in [5.41, 5.74) is 3.44. The molecule has 0 bridgehead atoms. The van der Waals surface area contributed by atoms with Gasteiger partial charge in [-0.2, -0.15) is 0 Å². The number of aryl methyl sites for hydroxylation is 1. The number of hydrogen-bond donors (Lipinski definition) is 2. The lowest BCUT2D eigenvalue weighted by molar-refractivity contribution is 0.0724. The van der Waals surface area contributed by atoms with Crippen LogP contribution >= 0.6 is 0 Å². The molecule has 0 saturated carbocycles. The zero-order chi connectivity index (χ0) is 14.8. The Kier molecular flexibility index (Phi) is 4.27. The maximum Gasteiger partial charge on any atom is 0.124 e. The minimum Gasteiger partial charge on any atom is -0.381 e. The number of aromatic nitrogens is 2. The molecule has 1 aromatic heterocycles. The van der Waals surface area contributed by atoms with Crippen LogP contribution in [0.5, 0.6) is 0 Å². The molecular formula is C17H25N3O. The normalized spacial score (nSPS) is 18.5. The fraction of sp³-hybridized carbons (Fsp3) is 0.588. The third-order valence-corrected chi connectivity index (χ3v) is 4.25. The Bertz CT molecular complexity index is 599. The average Bonchev–Trinajstić information content (AvgIpc) is 2.88. The molecular weight excluding hydrogens is 262 g/mol. The molecule has 0 amide bonds. The third kappa shape index (κ3) is 3.27. The van der Waals surface area contributed by atoms with Gasteiger partial charge in [-0.15, -0.1) is 0 Å². The molecule has 114 valence electrons. The highest BCUT2D eigenvalue weighted by atomic mass is 16.5. The van der Waals surface area contributed by atoms with Gasteiger partial charge in [0.05, 0.1) is 17.1 Å². The van der Waals surface area contributed by atoms with Gasteiger partial charge in [0.2, 0.25) is 0 Å². The van der Waals surface area contributed by atoms with E-state index < -0.39 is 0 Å². The summed E-state index contributed by atoms with van der Waals surface area (Å²) >= 11 is 0. The highest BCUT2D eigenvalue weighted by Gasteiger charge is 2.24. The number of nitrogens with zero attached hydrogens (tertiary/aromatic N) is 1. The topological polar surface area (TPSA) is 49.9 Å². The highest BCUT2D eigenvalue weighted by molar-refractivity contribution is 5.75. The first kappa shape index (κ1) is 14.5. The highest BCUT2D eigenvalue weighted by Crippen LogP contribution is 2.24. The molecule has 21 heavy (non-hydrogen) atoms. The number of imidazole rings is 1. The predicted molar refractivity (Wildman–Crippen MR) is 85.4 cm³/mol. The fourth-order valence-corrected chi connectivity index (χ4v) is 3.00. The molecule has 1 aromatic carbocycles. The van der Waals surface area contributed by atoms with E-state index in [0.29, 0.717) is 12.0 Å². The maximum atomic E-state index is 5.45. The van der Waals surface area contributed by atoms with E-state index in [1.54, 1.807) is 0 Å². The average molecular weight is 287 g/mol. The molecule has 1 aliphatic heterocycles. The first-order chi connectivity index (χ1) is 10.1. The number of hydrogen-bond acceptors (Lipinski definition) is 3. The van der Waals surface area contributed by atoms with Crippen molar-refractivity contribution < 1.29 is 4.74 Å². The second kappa shape index (κ2) is 6.16. The number of rotatable bonds is 4. The molecule has 2 heterocycles. The number of H-pyrrole nitrogens is 1. The standard InChI is InChI=1S/C17H25N3O/c1-11(2)16(18-13-6-8-21-9-7-13)17-19-14-5-4-12(3)10-15(14)20-17/h4-5,10-11,13,16,18H,6-9H2,1-3H3,(H,19,20). The van der Waals surface area contributed by atoms with E-state index in [4.69, 9.17) is 9.72 Å². The lowest BCUT2D eigenvalue weighted by atomic mass is 10.00. The number of nitrogens with one attached hydrogen (secondary N) is 2. The molecule has 0 aliphatic carbocycles. The van der Waals surface area contributed by atoms with Crippen molar-refractivity contribution in [2.75, 3.05) is 13.2 Å². The molecule has 1 atom stereocenters. The molecule has 4 heteroatoms. The Morgan fingerprint density at radius 1 is 1.29 bits per heavy atom. The first-order valence-electron chi connectivity index (χ1n) is 7.93. The minimum atomic E-state index is 0.265. The number of ether oxygens (including phenoxy) is 1. The van der Waals surface area contributed by atoms with Gasteiger partial charge in [-0.25, -0.2) is 4.98 Å². The summed E-state index contributed by atoms with van der Waals surface area (Å²) in [6, 6.07) is 7.17. The van der Waals surface area contributed by atoms with Crippen molar-refractivity contribution in [3.63, 3.8) is 0 Å². The van der Waals surface area contributed by atoms with Crippen LogP contribution in [0.15, 0.2) is 18.2 Å². The van der Waals surface area contributed by atoms with Crippen molar-refractivity contribution in [3.05, 3.63) is 29.6 Å². The summed E-state index contributed by atoms with van der Waals surface area (Å²) in [6.45, 7) is 8.33. The molecule has 4 nitrogen and oxygen atoms in total. The quantitative estimate of drug-likeness (QED) is 0.907. The van der Waals surface area contributed by atoms with E-state index in [1.807, 2.05) is 0 Å². The summed E-state index contributed by atoms with van der Waals surface area (Å²) in [5.74, 6) is 1.55. The van der Waals surface area contributed by atoms with Gasteiger partial charge in [0.15, 0.2) is 0 Å². The Balaban J connectivity index is 1.84. The largest absolute Gasteiger partial charge is 0.381 e. The van der Waals surface area contributed by atoms with Crippen LogP contribution in [0.1, 0.15) is 44.1 Å². The van der Waals surface area contributed by atoms with Crippen LogP contribution in [0.4, 0.5) is 0 Å². The van der Waals surface area contributed by atoms with Crippen molar-refractivity contribution in [1.29, 1.82) is 0 Å². The molecule has 1 saturated heterocycles. The van der Waals surface area contributed by atoms with Gasteiger partial charge in [0.1, 0.15) is 5.82 Å². The maximum absolute atomic E-state index is 5.45. The third-order valence-electron chi connectivity index (χ3n) is 4.25. The first-order valence-corrected chi connectivity index (χ1v) is 7.93. The number of benzene rings is 1. The van der Waals surface area contributed by atoms with Crippen molar-refractivity contribution in [1.82, 2.24) is 15.3 Å². The van der Waals surface area contributed by atoms with E-state index in [2.05, 4.69) is 49.3 Å². The van der Waals surface area contributed by atoms with Gasteiger partial charge in [-0.1, -0.05) is 19.9 Å². The Hall–Kier alpha value is -1.39. The van der Waals surface area contributed by atoms with Crippen molar-refractivity contribution >= 4 is 11.0 Å². The van der Waals surface area contributed by atoms with E-state index in [1.165, 1.54) is 5.56 Å². The fourth-order valence-electron chi connectivity index (χ4n) is 3.00. The summed E-state index contributed by atoms with van der Waals surface area (Å²) in [6.07, 6.45) is 2.17. The molecule has 0 radical (unpaired) electrons. The molecule has 1 fully saturated rings. The van der Waals surface area contributed by atoms with Crippen LogP contribution in [0.2, 0.25) is 0 Å². The summed E-state index contributed by atoms with van der Waals surface area (Å²) in [5, 5.41) is 3.77. The van der Waals surface area contributed by atoms with E-state index >= 15 is 0 Å². The zero-order valence-electron chi connectivity index (χ0n) is 13.1. The predicted octanol–water partition coefficient (Wildman–Crippen LogP) is 3.34.